The molecular formula is C15H12BrN. The maximum atomic E-state index is 3.59. The molecule has 0 bridgehead atoms. The van der Waals surface area contributed by atoms with Gasteiger partial charge in [-0.25, -0.2) is 0 Å². The zero-order valence-electron chi connectivity index (χ0n) is 9.50. The molecule has 0 saturated carbocycles. The minimum absolute atomic E-state index is 1.12. The average Bonchev–Trinajstić information content (AvgIpc) is 2.75. The molecule has 0 saturated heterocycles. The second-order valence-electron chi connectivity index (χ2n) is 4.20. The summed E-state index contributed by atoms with van der Waals surface area (Å²) in [6, 6.07) is 16.8. The highest BCUT2D eigenvalue weighted by atomic mass is 79.9. The number of rotatable bonds is 1. The molecule has 0 fully saturated rings. The van der Waals surface area contributed by atoms with Crippen LogP contribution in [-0.4, -0.2) is 4.98 Å². The van der Waals surface area contributed by atoms with E-state index in [4.69, 9.17) is 0 Å². The summed E-state index contributed by atoms with van der Waals surface area (Å²) in [7, 11) is 0. The van der Waals surface area contributed by atoms with Crippen LogP contribution in [0.4, 0.5) is 0 Å². The molecule has 1 N–H and O–H groups in total. The minimum atomic E-state index is 1.12. The van der Waals surface area contributed by atoms with Crippen LogP contribution >= 0.6 is 15.9 Å². The van der Waals surface area contributed by atoms with E-state index in [0.29, 0.717) is 0 Å². The first-order chi connectivity index (χ1) is 8.25. The Hall–Kier alpha value is -1.54. The van der Waals surface area contributed by atoms with E-state index in [1.807, 2.05) is 6.07 Å². The quantitative estimate of drug-likeness (QED) is 0.654. The SMILES string of the molecule is Cc1cccc2[nH]c(-c3ccccc3Br)cc12. The van der Waals surface area contributed by atoms with Gasteiger partial charge in [0.2, 0.25) is 0 Å². The molecule has 0 aliphatic rings. The Morgan fingerprint density at radius 2 is 1.82 bits per heavy atom. The van der Waals surface area contributed by atoms with Gasteiger partial charge in [-0.15, -0.1) is 0 Å². The number of benzene rings is 2. The third-order valence-electron chi connectivity index (χ3n) is 3.05. The molecule has 0 unspecified atom stereocenters. The van der Waals surface area contributed by atoms with E-state index < -0.39 is 0 Å². The van der Waals surface area contributed by atoms with Crippen molar-refractivity contribution in [1.29, 1.82) is 0 Å². The molecule has 17 heavy (non-hydrogen) atoms. The van der Waals surface area contributed by atoms with Crippen molar-refractivity contribution in [2.45, 2.75) is 6.92 Å². The molecule has 1 nitrogen and oxygen atoms in total. The minimum Gasteiger partial charge on any atom is -0.354 e. The van der Waals surface area contributed by atoms with Gasteiger partial charge in [0.1, 0.15) is 0 Å². The number of fused-ring (bicyclic) bond motifs is 1. The van der Waals surface area contributed by atoms with E-state index in [2.05, 4.69) is 70.3 Å². The molecule has 0 amide bonds. The molecule has 2 heteroatoms. The van der Waals surface area contributed by atoms with Crippen LogP contribution in [0.15, 0.2) is 53.0 Å². The standard InChI is InChI=1S/C15H12BrN/c1-10-5-4-8-14-12(10)9-15(17-14)11-6-2-3-7-13(11)16/h2-9,17H,1H3. The van der Waals surface area contributed by atoms with Gasteiger partial charge in [-0.05, 0) is 30.7 Å². The van der Waals surface area contributed by atoms with Crippen LogP contribution in [0.25, 0.3) is 22.2 Å². The fourth-order valence-corrected chi connectivity index (χ4v) is 2.63. The molecule has 0 radical (unpaired) electrons. The van der Waals surface area contributed by atoms with Crippen LogP contribution in [-0.2, 0) is 0 Å². The number of hydrogen-bond donors (Lipinski definition) is 1. The molecule has 0 aliphatic heterocycles. The van der Waals surface area contributed by atoms with Gasteiger partial charge in [-0.1, -0.05) is 46.3 Å². The van der Waals surface area contributed by atoms with Gasteiger partial charge in [0.25, 0.3) is 0 Å². The highest BCUT2D eigenvalue weighted by Crippen LogP contribution is 2.30. The summed E-state index contributed by atoms with van der Waals surface area (Å²) in [6.07, 6.45) is 0. The largest absolute Gasteiger partial charge is 0.354 e. The van der Waals surface area contributed by atoms with Crippen molar-refractivity contribution in [2.24, 2.45) is 0 Å². The summed E-state index contributed by atoms with van der Waals surface area (Å²) in [6.45, 7) is 2.14. The summed E-state index contributed by atoms with van der Waals surface area (Å²) < 4.78 is 1.12. The third kappa shape index (κ3) is 1.79. The summed E-state index contributed by atoms with van der Waals surface area (Å²) in [4.78, 5) is 3.46. The Kier molecular flexibility index (Phi) is 2.52. The maximum Gasteiger partial charge on any atom is 0.0476 e. The summed E-state index contributed by atoms with van der Waals surface area (Å²) in [5.41, 5.74) is 4.85. The number of aromatic amines is 1. The summed E-state index contributed by atoms with van der Waals surface area (Å²) in [5.74, 6) is 0. The van der Waals surface area contributed by atoms with Crippen molar-refractivity contribution in [1.82, 2.24) is 4.98 Å². The van der Waals surface area contributed by atoms with Crippen molar-refractivity contribution in [3.05, 3.63) is 58.6 Å². The lowest BCUT2D eigenvalue weighted by Gasteiger charge is -2.00. The van der Waals surface area contributed by atoms with Gasteiger partial charge in [0, 0.05) is 26.6 Å². The molecule has 3 aromatic rings. The zero-order chi connectivity index (χ0) is 11.8. The molecule has 3 rings (SSSR count). The van der Waals surface area contributed by atoms with E-state index in [1.54, 1.807) is 0 Å². The van der Waals surface area contributed by atoms with Gasteiger partial charge in [-0.3, -0.25) is 0 Å². The summed E-state index contributed by atoms with van der Waals surface area (Å²) >= 11 is 3.59. The van der Waals surface area contributed by atoms with Gasteiger partial charge in [0.15, 0.2) is 0 Å². The lowest BCUT2D eigenvalue weighted by Crippen LogP contribution is -1.77. The molecule has 1 aromatic heterocycles. The first-order valence-electron chi connectivity index (χ1n) is 5.59. The number of nitrogens with one attached hydrogen (secondary N) is 1. The van der Waals surface area contributed by atoms with Gasteiger partial charge < -0.3 is 4.98 Å². The molecule has 1 heterocycles. The van der Waals surface area contributed by atoms with E-state index >= 15 is 0 Å². The molecule has 0 spiro atoms. The lowest BCUT2D eigenvalue weighted by atomic mass is 10.1. The molecule has 0 atom stereocenters. The molecular weight excluding hydrogens is 274 g/mol. The normalized spacial score (nSPS) is 10.9. The summed E-state index contributed by atoms with van der Waals surface area (Å²) in [5, 5.41) is 1.29. The molecule has 2 aromatic carbocycles. The molecule has 0 aliphatic carbocycles. The van der Waals surface area contributed by atoms with Gasteiger partial charge in [0.05, 0.1) is 0 Å². The van der Waals surface area contributed by atoms with Crippen LogP contribution < -0.4 is 0 Å². The number of aryl methyl sites for hydroxylation is 1. The van der Waals surface area contributed by atoms with E-state index in [1.165, 1.54) is 22.0 Å². The van der Waals surface area contributed by atoms with Crippen LogP contribution in [0.2, 0.25) is 0 Å². The van der Waals surface area contributed by atoms with E-state index in [-0.39, 0.29) is 0 Å². The van der Waals surface area contributed by atoms with Crippen molar-refractivity contribution in [2.75, 3.05) is 0 Å². The monoisotopic (exact) mass is 285 g/mol. The fraction of sp³-hybridized carbons (Fsp3) is 0.0667. The van der Waals surface area contributed by atoms with Gasteiger partial charge in [-0.2, -0.15) is 0 Å². The predicted octanol–water partition coefficient (Wildman–Crippen LogP) is 4.91. The number of aromatic nitrogens is 1. The van der Waals surface area contributed by atoms with E-state index in [9.17, 15) is 0 Å². The Balaban J connectivity index is 2.26. The Labute approximate surface area is 109 Å². The number of halogens is 1. The zero-order valence-corrected chi connectivity index (χ0v) is 11.1. The number of hydrogen-bond acceptors (Lipinski definition) is 0. The number of H-pyrrole nitrogens is 1. The van der Waals surface area contributed by atoms with Crippen LogP contribution in [0.1, 0.15) is 5.56 Å². The van der Waals surface area contributed by atoms with Gasteiger partial charge >= 0.3 is 0 Å². The highest BCUT2D eigenvalue weighted by molar-refractivity contribution is 9.10. The lowest BCUT2D eigenvalue weighted by molar-refractivity contribution is 1.44. The average molecular weight is 286 g/mol. The van der Waals surface area contributed by atoms with Crippen LogP contribution in [0, 0.1) is 6.92 Å². The third-order valence-corrected chi connectivity index (χ3v) is 3.74. The highest BCUT2D eigenvalue weighted by Gasteiger charge is 2.06. The van der Waals surface area contributed by atoms with Crippen LogP contribution in [0.5, 0.6) is 0 Å². The van der Waals surface area contributed by atoms with Crippen molar-refractivity contribution in [3.63, 3.8) is 0 Å². The smallest absolute Gasteiger partial charge is 0.0476 e. The Morgan fingerprint density at radius 1 is 1.00 bits per heavy atom. The van der Waals surface area contributed by atoms with Crippen molar-refractivity contribution in [3.8, 4) is 11.3 Å². The first kappa shape index (κ1) is 10.6. The van der Waals surface area contributed by atoms with E-state index in [0.717, 1.165) is 10.2 Å². The fourth-order valence-electron chi connectivity index (χ4n) is 2.13. The van der Waals surface area contributed by atoms with Crippen molar-refractivity contribution >= 4 is 26.8 Å². The topological polar surface area (TPSA) is 15.8 Å². The Morgan fingerprint density at radius 3 is 2.59 bits per heavy atom. The maximum absolute atomic E-state index is 3.59. The van der Waals surface area contributed by atoms with Crippen LogP contribution in [0.3, 0.4) is 0 Å². The second kappa shape index (κ2) is 4.04. The predicted molar refractivity (Wildman–Crippen MR) is 76.2 cm³/mol. The van der Waals surface area contributed by atoms with Crippen molar-refractivity contribution < 1.29 is 0 Å². The Bertz CT molecular complexity index is 682. The second-order valence-corrected chi connectivity index (χ2v) is 5.05. The molecule has 84 valence electrons. The first-order valence-corrected chi connectivity index (χ1v) is 6.38.